The molecule has 0 rings (SSSR count). The Morgan fingerprint density at radius 1 is 1.10 bits per heavy atom. The SMILES string of the molecule is II.[CH2-]C(Br)(Br)[C-]=O.[CH2-]C(Br)[C-]=O.[CH3-].[CH3-].[I][V][I].[Y+3].[Y+3]. The smallest absolute Gasteiger partial charge is 3.00 e. The summed E-state index contributed by atoms with van der Waals surface area (Å²) in [6.45, 7) is 6.55. The predicted octanol–water partition coefficient (Wildman–Crippen LogP) is 6.55. The summed E-state index contributed by atoms with van der Waals surface area (Å²) in [4.78, 5) is 18.5. The third-order valence-electron chi connectivity index (χ3n) is 0.277. The normalized spacial score (nSPS) is 7.85. The summed E-state index contributed by atoms with van der Waals surface area (Å²) in [6, 6.07) is 0. The Morgan fingerprint density at radius 3 is 1.20 bits per heavy atom. The topological polar surface area (TPSA) is 34.1 Å². The van der Waals surface area contributed by atoms with E-state index in [-0.39, 0.29) is 85.1 Å². The molecule has 0 amide bonds. The number of halogens is 7. The van der Waals surface area contributed by atoms with Gasteiger partial charge in [-0.15, -0.1) is 35.1 Å². The second kappa shape index (κ2) is 44.7. The fraction of sp³-hybridized carbons (Fsp3) is 0.250. The first kappa shape index (κ1) is 50.3. The van der Waals surface area contributed by atoms with Gasteiger partial charge in [0.1, 0.15) is 0 Å². The standard InChI is InChI=1S/C3H2Br2O.C3H3BrO.2CH3.I2.2HI.V.2Y/c1-3(4,5)2-6;1-3(4)2-5;;;1-2;;;;;/h1H2;3H,1H2;2*1H3;;2*1H;;;/q2*-2;2*-1;;;;+2;2*+3/p-2. The molecule has 0 spiro atoms. The molecule has 2 nitrogen and oxygen atoms in total. The van der Waals surface area contributed by atoms with Crippen molar-refractivity contribution < 1.29 is 84.5 Å². The van der Waals surface area contributed by atoms with Crippen LogP contribution in [-0.2, 0) is 84.5 Å². The van der Waals surface area contributed by atoms with Crippen molar-refractivity contribution in [3.05, 3.63) is 28.7 Å². The largest absolute Gasteiger partial charge is 3.00 e. The summed E-state index contributed by atoms with van der Waals surface area (Å²) in [5.41, 5.74) is 0. The first-order valence-corrected chi connectivity index (χ1v) is 20.6. The second-order valence-corrected chi connectivity index (χ2v) is 18.1. The zero-order valence-corrected chi connectivity index (χ0v) is 31.0. The van der Waals surface area contributed by atoms with Crippen molar-refractivity contribution in [2.24, 2.45) is 0 Å². The van der Waals surface area contributed by atoms with Crippen molar-refractivity contribution in [2.75, 3.05) is 0 Å². The molecule has 0 bridgehead atoms. The van der Waals surface area contributed by atoms with Crippen molar-refractivity contribution in [1.29, 1.82) is 0 Å². The van der Waals surface area contributed by atoms with Gasteiger partial charge in [-0.2, -0.15) is 15.9 Å². The van der Waals surface area contributed by atoms with E-state index in [9.17, 15) is 9.59 Å². The molecule has 0 saturated heterocycles. The molecule has 0 radical (unpaired) electrons. The monoisotopic (exact) mass is 1110 g/mol. The molecule has 0 aliphatic rings. The Bertz CT molecular complexity index is 158. The third-order valence-corrected chi connectivity index (χ3v) is 0.788. The summed E-state index contributed by atoms with van der Waals surface area (Å²) < 4.78 is -0.889. The number of hydrogen-bond donors (Lipinski definition) is 0. The minimum atomic E-state index is -0.889. The van der Waals surface area contributed by atoms with E-state index in [1.165, 1.54) is 0 Å². The maximum absolute atomic E-state index is 9.55. The average Bonchev–Trinajstić information content (AvgIpc) is 2.22. The zero-order valence-electron chi connectivity index (χ0n) is 10.6. The molecule has 1 atom stereocenters. The molecule has 0 aliphatic carbocycles. The second-order valence-electron chi connectivity index (χ2n) is 1.46. The van der Waals surface area contributed by atoms with Crippen molar-refractivity contribution in [3.63, 3.8) is 0 Å². The van der Waals surface area contributed by atoms with Gasteiger partial charge in [0.25, 0.3) is 0 Å². The molecule has 1 unspecified atom stereocenters. The Morgan fingerprint density at radius 2 is 1.20 bits per heavy atom. The molecule has 20 heavy (non-hydrogen) atoms. The van der Waals surface area contributed by atoms with Gasteiger partial charge < -0.3 is 38.3 Å². The maximum Gasteiger partial charge on any atom is 3.00 e. The van der Waals surface area contributed by atoms with Crippen LogP contribution < -0.4 is 0 Å². The van der Waals surface area contributed by atoms with Crippen LogP contribution in [0.25, 0.3) is 0 Å². The molecule has 0 N–H and O–H groups in total. The Hall–Kier alpha value is 6.49. The van der Waals surface area contributed by atoms with Gasteiger partial charge in [-0.05, 0) is 0 Å². The van der Waals surface area contributed by atoms with Crippen molar-refractivity contribution in [2.45, 2.75) is 8.06 Å². The van der Waals surface area contributed by atoms with Gasteiger partial charge in [-0.25, -0.2) is 4.83 Å². The molecule has 115 valence electrons. The number of rotatable bonds is 2. The van der Waals surface area contributed by atoms with Crippen LogP contribution in [0.1, 0.15) is 0 Å². The number of hydrogen-bond acceptors (Lipinski definition) is 2. The summed E-state index contributed by atoms with van der Waals surface area (Å²) in [5, 5.41) is 0. The molecule has 0 aromatic rings. The van der Waals surface area contributed by atoms with Gasteiger partial charge in [0.2, 0.25) is 0 Å². The van der Waals surface area contributed by atoms with E-state index in [0.29, 0.717) is 9.47 Å². The molecule has 12 heteroatoms. The van der Waals surface area contributed by atoms with E-state index in [4.69, 9.17) is 0 Å². The summed E-state index contributed by atoms with van der Waals surface area (Å²) in [5.74, 6) is 0. The van der Waals surface area contributed by atoms with E-state index < -0.39 is 3.23 Å². The molecule has 0 heterocycles. The molecule has 0 aromatic carbocycles. The van der Waals surface area contributed by atoms with E-state index in [1.807, 2.05) is 0 Å². The van der Waals surface area contributed by atoms with Gasteiger partial charge in [0.15, 0.2) is 0 Å². The number of carbonyl (C=O) groups excluding carboxylic acids is 2. The molecule has 0 aromatic heterocycles. The summed E-state index contributed by atoms with van der Waals surface area (Å²) in [6.07, 6.45) is 3.16. The molecule has 0 saturated carbocycles. The fourth-order valence-corrected chi connectivity index (χ4v) is 0. The minimum Gasteiger partial charge on any atom is 3.00 e. The molecular formula is C8H11Br3I4O2VY2. The Kier molecular flexibility index (Phi) is 113. The van der Waals surface area contributed by atoms with E-state index in [1.54, 1.807) is 12.6 Å². The predicted molar refractivity (Wildman–Crippen MR) is 124 cm³/mol. The van der Waals surface area contributed by atoms with Crippen LogP contribution in [0.15, 0.2) is 0 Å². The van der Waals surface area contributed by atoms with E-state index in [0.717, 1.165) is 0 Å². The van der Waals surface area contributed by atoms with Gasteiger partial charge in [-0.1, -0.05) is 0 Å². The fourth-order valence-electron chi connectivity index (χ4n) is 0. The van der Waals surface area contributed by atoms with Crippen LogP contribution in [0, 0.1) is 28.7 Å². The molecular weight excluding hydrogens is 1100 g/mol. The Balaban J connectivity index is -0.0000000159. The number of alkyl halides is 3. The van der Waals surface area contributed by atoms with Crippen molar-refractivity contribution >= 4 is 138 Å². The summed E-state index contributed by atoms with van der Waals surface area (Å²) >= 11 is 17.5. The van der Waals surface area contributed by atoms with Crippen LogP contribution >= 0.6 is 125 Å². The van der Waals surface area contributed by atoms with Crippen LogP contribution in [0.2, 0.25) is 0 Å². The third kappa shape index (κ3) is 102. The molecule has 0 fully saturated rings. The van der Waals surface area contributed by atoms with Gasteiger partial charge in [-0.3, -0.25) is 12.6 Å². The van der Waals surface area contributed by atoms with E-state index >= 15 is 0 Å². The van der Waals surface area contributed by atoms with Crippen LogP contribution in [0.5, 0.6) is 0 Å². The van der Waals surface area contributed by atoms with Crippen molar-refractivity contribution in [1.82, 2.24) is 0 Å². The maximum atomic E-state index is 9.55. The zero-order chi connectivity index (χ0) is 14.2. The van der Waals surface area contributed by atoms with Crippen LogP contribution in [-0.4, -0.2) is 20.6 Å². The van der Waals surface area contributed by atoms with Crippen LogP contribution in [0.3, 0.4) is 0 Å². The van der Waals surface area contributed by atoms with Gasteiger partial charge >= 0.3 is 115 Å². The average molecular weight is 1120 g/mol. The first-order valence-electron chi connectivity index (χ1n) is 2.79. The van der Waals surface area contributed by atoms with Gasteiger partial charge in [0, 0.05) is 37.2 Å². The Labute approximate surface area is 252 Å². The minimum absolute atomic E-state index is 0. The van der Waals surface area contributed by atoms with E-state index in [2.05, 4.69) is 139 Å². The van der Waals surface area contributed by atoms with Crippen LogP contribution in [0.4, 0.5) is 0 Å². The quantitative estimate of drug-likeness (QED) is 0.179. The van der Waals surface area contributed by atoms with Crippen molar-refractivity contribution in [3.8, 4) is 0 Å². The molecule has 0 aliphatic heterocycles. The summed E-state index contributed by atoms with van der Waals surface area (Å²) in [7, 11) is 0.628. The first-order chi connectivity index (χ1) is 7.24. The van der Waals surface area contributed by atoms with Gasteiger partial charge in [0.05, 0.1) is 0 Å².